The van der Waals surface area contributed by atoms with Crippen LogP contribution in [-0.4, -0.2) is 52.8 Å². The van der Waals surface area contributed by atoms with E-state index in [2.05, 4.69) is 0 Å². The molecule has 6 nitrogen and oxygen atoms in total. The van der Waals surface area contributed by atoms with Crippen molar-refractivity contribution in [1.29, 1.82) is 0 Å². The Morgan fingerprint density at radius 1 is 1.43 bits per heavy atom. The van der Waals surface area contributed by atoms with Gasteiger partial charge in [-0.15, -0.1) is 0 Å². The second kappa shape index (κ2) is 6.13. The molecule has 21 heavy (non-hydrogen) atoms. The van der Waals surface area contributed by atoms with Gasteiger partial charge in [0.1, 0.15) is 11.8 Å². The van der Waals surface area contributed by atoms with Crippen molar-refractivity contribution in [3.63, 3.8) is 0 Å². The highest BCUT2D eigenvalue weighted by atomic mass is 16.5. The molecule has 0 saturated carbocycles. The summed E-state index contributed by atoms with van der Waals surface area (Å²) in [6, 6.07) is 4.50. The minimum Gasteiger partial charge on any atom is -0.496 e. The van der Waals surface area contributed by atoms with Gasteiger partial charge in [-0.05, 0) is 24.1 Å². The van der Waals surface area contributed by atoms with Gasteiger partial charge in [-0.2, -0.15) is 0 Å². The molecule has 0 aliphatic carbocycles. The zero-order valence-corrected chi connectivity index (χ0v) is 12.1. The number of rotatable bonds is 4. The maximum absolute atomic E-state index is 12.3. The first kappa shape index (κ1) is 15.3. The number of nitrogens with zero attached hydrogens (tertiary/aromatic N) is 1. The quantitative estimate of drug-likeness (QED) is 0.848. The van der Waals surface area contributed by atoms with Crippen molar-refractivity contribution in [2.45, 2.75) is 31.9 Å². The summed E-state index contributed by atoms with van der Waals surface area (Å²) in [7, 11) is 1.56. The van der Waals surface area contributed by atoms with E-state index >= 15 is 0 Å². The van der Waals surface area contributed by atoms with Crippen LogP contribution in [-0.2, 0) is 16.0 Å². The highest BCUT2D eigenvalue weighted by Gasteiger charge is 2.38. The molecule has 0 spiro atoms. The highest BCUT2D eigenvalue weighted by Crippen LogP contribution is 2.22. The number of aliphatic hydroxyl groups excluding tert-OH is 1. The monoisotopic (exact) mass is 293 g/mol. The Morgan fingerprint density at radius 3 is 2.76 bits per heavy atom. The lowest BCUT2D eigenvalue weighted by Gasteiger charge is -2.21. The first-order valence-electron chi connectivity index (χ1n) is 6.76. The first-order valence-corrected chi connectivity index (χ1v) is 6.76. The van der Waals surface area contributed by atoms with Crippen molar-refractivity contribution >= 4 is 11.9 Å². The predicted molar refractivity (Wildman–Crippen MR) is 75.2 cm³/mol. The minimum absolute atomic E-state index is 0.0683. The van der Waals surface area contributed by atoms with E-state index in [0.717, 1.165) is 11.1 Å². The standard InChI is InChI=1S/C15H19NO5/c1-9-3-4-10(5-13(9)21-2)6-14(18)16-8-11(17)7-12(16)15(19)20/h3-5,11-12,17H,6-8H2,1-2H3,(H,19,20)/t11-,12-/m0/s1. The maximum atomic E-state index is 12.3. The van der Waals surface area contributed by atoms with Crippen LogP contribution in [0.3, 0.4) is 0 Å². The molecule has 1 saturated heterocycles. The molecule has 1 aromatic rings. The van der Waals surface area contributed by atoms with Crippen molar-refractivity contribution in [3.8, 4) is 5.75 Å². The summed E-state index contributed by atoms with van der Waals surface area (Å²) in [6.07, 6.45) is -0.603. The van der Waals surface area contributed by atoms with Gasteiger partial charge in [0, 0.05) is 13.0 Å². The van der Waals surface area contributed by atoms with Crippen molar-refractivity contribution < 1.29 is 24.5 Å². The number of aliphatic hydroxyl groups is 1. The Balaban J connectivity index is 2.12. The number of ether oxygens (including phenoxy) is 1. The van der Waals surface area contributed by atoms with Gasteiger partial charge < -0.3 is 19.8 Å². The number of carboxylic acid groups (broad SMARTS) is 1. The summed E-state index contributed by atoms with van der Waals surface area (Å²) in [5.41, 5.74) is 1.72. The van der Waals surface area contributed by atoms with Crippen LogP contribution in [0, 0.1) is 6.92 Å². The van der Waals surface area contributed by atoms with E-state index in [-0.39, 0.29) is 25.3 Å². The maximum Gasteiger partial charge on any atom is 0.326 e. The molecular weight excluding hydrogens is 274 g/mol. The largest absolute Gasteiger partial charge is 0.496 e. The number of carboxylic acids is 1. The molecule has 2 rings (SSSR count). The van der Waals surface area contributed by atoms with Gasteiger partial charge in [0.05, 0.1) is 19.6 Å². The van der Waals surface area contributed by atoms with E-state index in [1.54, 1.807) is 13.2 Å². The van der Waals surface area contributed by atoms with Gasteiger partial charge in [-0.25, -0.2) is 4.79 Å². The van der Waals surface area contributed by atoms with Gasteiger partial charge in [-0.3, -0.25) is 4.79 Å². The molecule has 0 radical (unpaired) electrons. The molecule has 1 fully saturated rings. The lowest BCUT2D eigenvalue weighted by molar-refractivity contribution is -0.148. The molecule has 2 N–H and O–H groups in total. The van der Waals surface area contributed by atoms with E-state index < -0.39 is 18.1 Å². The fourth-order valence-corrected chi connectivity index (χ4v) is 2.57. The van der Waals surface area contributed by atoms with Crippen LogP contribution in [0.15, 0.2) is 18.2 Å². The number of methoxy groups -OCH3 is 1. The molecule has 0 unspecified atom stereocenters. The number of benzene rings is 1. The van der Waals surface area contributed by atoms with E-state index in [1.807, 2.05) is 19.1 Å². The number of likely N-dealkylation sites (tertiary alicyclic amines) is 1. The number of carbonyl (C=O) groups is 2. The van der Waals surface area contributed by atoms with Crippen LogP contribution >= 0.6 is 0 Å². The third kappa shape index (κ3) is 3.33. The fraction of sp³-hybridized carbons (Fsp3) is 0.467. The number of amides is 1. The Morgan fingerprint density at radius 2 is 2.14 bits per heavy atom. The van der Waals surface area contributed by atoms with Crippen LogP contribution in [0.1, 0.15) is 17.5 Å². The molecule has 0 bridgehead atoms. The number of β-amino-alcohol motifs (C(OH)–C–C–N with tert-alkyl or cyclic N) is 1. The molecule has 1 heterocycles. The zero-order chi connectivity index (χ0) is 15.6. The first-order chi connectivity index (χ1) is 9.92. The van der Waals surface area contributed by atoms with Crippen molar-refractivity contribution in [2.75, 3.05) is 13.7 Å². The van der Waals surface area contributed by atoms with Crippen LogP contribution in [0.5, 0.6) is 5.75 Å². The lowest BCUT2D eigenvalue weighted by Crippen LogP contribution is -2.41. The third-order valence-electron chi connectivity index (χ3n) is 3.71. The smallest absolute Gasteiger partial charge is 0.326 e. The van der Waals surface area contributed by atoms with Crippen LogP contribution in [0.4, 0.5) is 0 Å². The normalized spacial score (nSPS) is 21.4. The minimum atomic E-state index is -1.08. The van der Waals surface area contributed by atoms with E-state index in [4.69, 9.17) is 9.84 Å². The summed E-state index contributed by atoms with van der Waals surface area (Å²) >= 11 is 0. The van der Waals surface area contributed by atoms with Crippen molar-refractivity contribution in [1.82, 2.24) is 4.90 Å². The molecule has 1 amide bonds. The highest BCUT2D eigenvalue weighted by molar-refractivity contribution is 5.85. The number of carbonyl (C=O) groups excluding carboxylic acids is 1. The topological polar surface area (TPSA) is 87.1 Å². The van der Waals surface area contributed by atoms with Crippen LogP contribution < -0.4 is 4.74 Å². The van der Waals surface area contributed by atoms with Gasteiger partial charge in [-0.1, -0.05) is 12.1 Å². The Hall–Kier alpha value is -2.08. The molecule has 2 atom stereocenters. The van der Waals surface area contributed by atoms with E-state index in [0.29, 0.717) is 5.75 Å². The Bertz CT molecular complexity index is 557. The molecule has 6 heteroatoms. The fourth-order valence-electron chi connectivity index (χ4n) is 2.57. The Labute approximate surface area is 122 Å². The van der Waals surface area contributed by atoms with Crippen molar-refractivity contribution in [3.05, 3.63) is 29.3 Å². The summed E-state index contributed by atoms with van der Waals surface area (Å²) in [4.78, 5) is 24.6. The summed E-state index contributed by atoms with van der Waals surface area (Å²) in [5, 5.41) is 18.7. The molecular formula is C15H19NO5. The zero-order valence-electron chi connectivity index (χ0n) is 12.1. The van der Waals surface area contributed by atoms with Gasteiger partial charge in [0.2, 0.25) is 5.91 Å². The lowest BCUT2D eigenvalue weighted by atomic mass is 10.1. The summed E-state index contributed by atoms with van der Waals surface area (Å²) in [5.74, 6) is -0.692. The Kier molecular flexibility index (Phi) is 4.47. The predicted octanol–water partition coefficient (Wildman–Crippen LogP) is 0.593. The van der Waals surface area contributed by atoms with Crippen LogP contribution in [0.25, 0.3) is 0 Å². The number of hydrogen-bond acceptors (Lipinski definition) is 4. The SMILES string of the molecule is COc1cc(CC(=O)N2C[C@@H](O)C[C@H]2C(=O)O)ccc1C. The second-order valence-electron chi connectivity index (χ2n) is 5.27. The molecule has 1 aliphatic rings. The third-order valence-corrected chi connectivity index (χ3v) is 3.71. The van der Waals surface area contributed by atoms with Gasteiger partial charge >= 0.3 is 5.97 Å². The number of aryl methyl sites for hydroxylation is 1. The summed E-state index contributed by atoms with van der Waals surface area (Å²) in [6.45, 7) is 1.97. The molecule has 0 aromatic heterocycles. The number of hydrogen-bond donors (Lipinski definition) is 2. The van der Waals surface area contributed by atoms with Gasteiger partial charge in [0.15, 0.2) is 0 Å². The summed E-state index contributed by atoms with van der Waals surface area (Å²) < 4.78 is 5.21. The second-order valence-corrected chi connectivity index (χ2v) is 5.27. The average Bonchev–Trinajstić information content (AvgIpc) is 2.83. The molecule has 114 valence electrons. The van der Waals surface area contributed by atoms with Gasteiger partial charge in [0.25, 0.3) is 0 Å². The molecule has 1 aliphatic heterocycles. The molecule has 1 aromatic carbocycles. The van der Waals surface area contributed by atoms with E-state index in [9.17, 15) is 14.7 Å². The van der Waals surface area contributed by atoms with Crippen molar-refractivity contribution in [2.24, 2.45) is 0 Å². The van der Waals surface area contributed by atoms with Crippen LogP contribution in [0.2, 0.25) is 0 Å². The number of aliphatic carboxylic acids is 1. The van der Waals surface area contributed by atoms with E-state index in [1.165, 1.54) is 4.90 Å². The average molecular weight is 293 g/mol.